The Morgan fingerprint density at radius 3 is 2.13 bits per heavy atom. The summed E-state index contributed by atoms with van der Waals surface area (Å²) in [5, 5.41) is 7.63. The lowest BCUT2D eigenvalue weighted by atomic mass is 10.1. The van der Waals surface area contributed by atoms with Crippen LogP contribution in [0, 0.1) is 0 Å². The van der Waals surface area contributed by atoms with Crippen LogP contribution in [0.25, 0.3) is 0 Å². The number of rotatable bonds is 4. The Morgan fingerprint density at radius 1 is 1.13 bits per heavy atom. The maximum Gasteiger partial charge on any atom is 0.214 e. The number of oxime groups is 2. The molecule has 0 saturated carbocycles. The summed E-state index contributed by atoms with van der Waals surface area (Å²) in [6, 6.07) is 0. The summed E-state index contributed by atoms with van der Waals surface area (Å²) in [6.07, 6.45) is 0. The van der Waals surface area contributed by atoms with Crippen molar-refractivity contribution in [1.82, 2.24) is 0 Å². The van der Waals surface area contributed by atoms with Gasteiger partial charge in [-0.2, -0.15) is 0 Å². The number of nitrogens with zero attached hydrogens (tertiary/aromatic N) is 2. The number of ether oxygens (including phenoxy) is 2. The average molecular weight is 216 g/mol. The molecule has 0 aliphatic carbocycles. The fourth-order valence-corrected chi connectivity index (χ4v) is 1.40. The van der Waals surface area contributed by atoms with E-state index in [0.717, 1.165) is 0 Å². The third-order valence-electron chi connectivity index (χ3n) is 2.02. The van der Waals surface area contributed by atoms with Gasteiger partial charge in [0, 0.05) is 0 Å². The molecule has 0 N–H and O–H groups in total. The maximum atomic E-state index is 5.45. The first-order chi connectivity index (χ1) is 7.14. The lowest BCUT2D eigenvalue weighted by Gasteiger charge is -2.22. The number of hydrogen-bond acceptors (Lipinski definition) is 6. The van der Waals surface area contributed by atoms with Gasteiger partial charge in [0.15, 0.2) is 5.71 Å². The molecule has 0 aromatic carbocycles. The highest BCUT2D eigenvalue weighted by Gasteiger charge is 2.39. The smallest absolute Gasteiger partial charge is 0.214 e. The Labute approximate surface area is 88.8 Å². The van der Waals surface area contributed by atoms with Gasteiger partial charge in [0.25, 0.3) is 0 Å². The van der Waals surface area contributed by atoms with Crippen LogP contribution >= 0.6 is 0 Å². The molecule has 1 aliphatic heterocycles. The van der Waals surface area contributed by atoms with Crippen molar-refractivity contribution in [3.05, 3.63) is 0 Å². The molecule has 0 aromatic rings. The van der Waals surface area contributed by atoms with E-state index in [1.54, 1.807) is 13.8 Å². The third-order valence-corrected chi connectivity index (χ3v) is 2.02. The standard InChI is InChI=1S/C9H16N2O4/c1-7(10-12-3)8(11-13-4)9(2)14-5-6-15-9/h5-6H2,1-4H3/b10-7+,11-8+. The van der Waals surface area contributed by atoms with Crippen molar-refractivity contribution in [2.45, 2.75) is 19.6 Å². The van der Waals surface area contributed by atoms with Gasteiger partial charge in [0.2, 0.25) is 5.79 Å². The van der Waals surface area contributed by atoms with Gasteiger partial charge in [0.05, 0.1) is 13.2 Å². The van der Waals surface area contributed by atoms with E-state index in [2.05, 4.69) is 15.1 Å². The summed E-state index contributed by atoms with van der Waals surface area (Å²) in [7, 11) is 2.92. The van der Waals surface area contributed by atoms with Gasteiger partial charge in [-0.15, -0.1) is 0 Å². The molecule has 0 atom stereocenters. The van der Waals surface area contributed by atoms with Crippen LogP contribution in [0.3, 0.4) is 0 Å². The number of hydrogen-bond donors (Lipinski definition) is 0. The SMILES string of the molecule is CO/N=C(C)/C(=N\OC)C1(C)OCCO1. The van der Waals surface area contributed by atoms with Crippen LogP contribution in [0.15, 0.2) is 10.3 Å². The minimum absolute atomic E-state index is 0.476. The summed E-state index contributed by atoms with van der Waals surface area (Å²) >= 11 is 0. The van der Waals surface area contributed by atoms with Gasteiger partial charge in [-0.1, -0.05) is 10.3 Å². The lowest BCUT2D eigenvalue weighted by molar-refractivity contribution is -0.0820. The molecule has 6 heteroatoms. The van der Waals surface area contributed by atoms with Gasteiger partial charge in [-0.05, 0) is 13.8 Å². The molecule has 0 spiro atoms. The van der Waals surface area contributed by atoms with Gasteiger partial charge in [-0.25, -0.2) is 0 Å². The van der Waals surface area contributed by atoms with E-state index in [0.29, 0.717) is 24.6 Å². The molecule has 0 bridgehead atoms. The first-order valence-electron chi connectivity index (χ1n) is 4.61. The van der Waals surface area contributed by atoms with E-state index >= 15 is 0 Å². The lowest BCUT2D eigenvalue weighted by Crippen LogP contribution is -2.41. The molecular formula is C9H16N2O4. The van der Waals surface area contributed by atoms with Crippen LogP contribution in [0.4, 0.5) is 0 Å². The molecule has 0 aromatic heterocycles. The molecule has 1 aliphatic rings. The minimum atomic E-state index is -0.901. The summed E-state index contributed by atoms with van der Waals surface area (Å²) in [6.45, 7) is 4.57. The van der Waals surface area contributed by atoms with Crippen molar-refractivity contribution in [1.29, 1.82) is 0 Å². The van der Waals surface area contributed by atoms with Crippen molar-refractivity contribution in [3.63, 3.8) is 0 Å². The van der Waals surface area contributed by atoms with E-state index in [1.807, 2.05) is 0 Å². The molecule has 1 heterocycles. The van der Waals surface area contributed by atoms with Crippen LogP contribution in [-0.2, 0) is 19.1 Å². The Bertz CT molecular complexity index is 269. The van der Waals surface area contributed by atoms with Crippen molar-refractivity contribution in [2.24, 2.45) is 10.3 Å². The largest absolute Gasteiger partial charge is 0.399 e. The molecule has 1 fully saturated rings. The van der Waals surface area contributed by atoms with Gasteiger partial charge in [0.1, 0.15) is 19.9 Å². The monoisotopic (exact) mass is 216 g/mol. The topological polar surface area (TPSA) is 61.6 Å². The molecule has 1 rings (SSSR count). The van der Waals surface area contributed by atoms with E-state index in [1.165, 1.54) is 14.2 Å². The molecule has 15 heavy (non-hydrogen) atoms. The average Bonchev–Trinajstić information content (AvgIpc) is 2.62. The Morgan fingerprint density at radius 2 is 1.67 bits per heavy atom. The van der Waals surface area contributed by atoms with E-state index in [-0.39, 0.29) is 0 Å². The Balaban J connectivity index is 2.92. The molecule has 6 nitrogen and oxygen atoms in total. The van der Waals surface area contributed by atoms with E-state index in [4.69, 9.17) is 14.3 Å². The Kier molecular flexibility index (Phi) is 4.05. The van der Waals surface area contributed by atoms with Gasteiger partial charge < -0.3 is 19.1 Å². The van der Waals surface area contributed by atoms with E-state index < -0.39 is 5.79 Å². The van der Waals surface area contributed by atoms with Gasteiger partial charge in [-0.3, -0.25) is 0 Å². The van der Waals surface area contributed by atoms with Crippen molar-refractivity contribution in [2.75, 3.05) is 27.4 Å². The minimum Gasteiger partial charge on any atom is -0.399 e. The molecule has 86 valence electrons. The van der Waals surface area contributed by atoms with Crippen molar-refractivity contribution < 1.29 is 19.1 Å². The summed E-state index contributed by atoms with van der Waals surface area (Å²) in [5.41, 5.74) is 1.04. The van der Waals surface area contributed by atoms with Crippen LogP contribution in [0.5, 0.6) is 0 Å². The highest BCUT2D eigenvalue weighted by atomic mass is 16.7. The van der Waals surface area contributed by atoms with Gasteiger partial charge >= 0.3 is 0 Å². The van der Waals surface area contributed by atoms with Crippen molar-refractivity contribution >= 4 is 11.4 Å². The first-order valence-corrected chi connectivity index (χ1v) is 4.61. The summed E-state index contributed by atoms with van der Waals surface area (Å²) < 4.78 is 10.9. The van der Waals surface area contributed by atoms with Crippen LogP contribution in [0.2, 0.25) is 0 Å². The third kappa shape index (κ3) is 2.66. The normalized spacial score (nSPS) is 21.6. The zero-order valence-electron chi connectivity index (χ0n) is 9.44. The predicted octanol–water partition coefficient (Wildman–Crippen LogP) is 0.774. The highest BCUT2D eigenvalue weighted by molar-refractivity contribution is 6.43. The second-order valence-corrected chi connectivity index (χ2v) is 3.12. The first kappa shape index (κ1) is 11.9. The second-order valence-electron chi connectivity index (χ2n) is 3.12. The van der Waals surface area contributed by atoms with Crippen molar-refractivity contribution in [3.8, 4) is 0 Å². The zero-order valence-corrected chi connectivity index (χ0v) is 9.44. The summed E-state index contributed by atoms with van der Waals surface area (Å²) in [4.78, 5) is 9.42. The molecule has 0 unspecified atom stereocenters. The fourth-order valence-electron chi connectivity index (χ4n) is 1.40. The maximum absolute atomic E-state index is 5.45. The molecular weight excluding hydrogens is 200 g/mol. The Hall–Kier alpha value is -1.14. The van der Waals surface area contributed by atoms with Crippen LogP contribution in [0.1, 0.15) is 13.8 Å². The van der Waals surface area contributed by atoms with Crippen LogP contribution < -0.4 is 0 Å². The summed E-state index contributed by atoms with van der Waals surface area (Å²) in [5.74, 6) is -0.901. The highest BCUT2D eigenvalue weighted by Crippen LogP contribution is 2.21. The second kappa shape index (κ2) is 5.09. The van der Waals surface area contributed by atoms with Crippen LogP contribution in [-0.4, -0.2) is 44.6 Å². The molecule has 1 saturated heterocycles. The van der Waals surface area contributed by atoms with E-state index in [9.17, 15) is 0 Å². The quantitative estimate of drug-likeness (QED) is 0.514. The fraction of sp³-hybridized carbons (Fsp3) is 0.778. The predicted molar refractivity (Wildman–Crippen MR) is 54.9 cm³/mol. The zero-order chi connectivity index (χ0) is 11.3. The molecule has 0 amide bonds. The molecule has 0 radical (unpaired) electrons.